The van der Waals surface area contributed by atoms with Gasteiger partial charge in [0.05, 0.1) is 0 Å². The molecular formula is C10H22NP. The second-order valence-corrected chi connectivity index (χ2v) is 5.26. The molecule has 0 aromatic rings. The molecule has 1 nitrogen and oxygen atoms in total. The highest BCUT2D eigenvalue weighted by Gasteiger charge is 2.42. The first-order valence-corrected chi connectivity index (χ1v) is 6.58. The summed E-state index contributed by atoms with van der Waals surface area (Å²) in [6.45, 7) is 8.66. The van der Waals surface area contributed by atoms with Gasteiger partial charge in [0.15, 0.2) is 0 Å². The molecule has 72 valence electrons. The highest BCUT2D eigenvalue weighted by atomic mass is 31.1. The summed E-state index contributed by atoms with van der Waals surface area (Å²) in [5, 5.41) is 0. The zero-order chi connectivity index (χ0) is 9.14. The van der Waals surface area contributed by atoms with E-state index in [1.807, 2.05) is 13.8 Å². The molecule has 3 heterocycles. The number of hydrogen-bond donors (Lipinski definition) is 0. The molecule has 3 aliphatic rings. The van der Waals surface area contributed by atoms with Crippen molar-refractivity contribution in [1.82, 2.24) is 4.90 Å². The summed E-state index contributed by atoms with van der Waals surface area (Å²) < 4.78 is 0. The van der Waals surface area contributed by atoms with Gasteiger partial charge in [0, 0.05) is 17.9 Å². The van der Waals surface area contributed by atoms with E-state index in [9.17, 15) is 0 Å². The summed E-state index contributed by atoms with van der Waals surface area (Å²) in [5.74, 6) is 0.999. The monoisotopic (exact) mass is 187 g/mol. The Balaban J connectivity index is 0.000000336. The van der Waals surface area contributed by atoms with Gasteiger partial charge in [-0.2, -0.15) is 0 Å². The maximum atomic E-state index is 2.71. The van der Waals surface area contributed by atoms with E-state index in [1.165, 1.54) is 27.6 Å². The van der Waals surface area contributed by atoms with Gasteiger partial charge in [0.25, 0.3) is 0 Å². The Morgan fingerprint density at radius 3 is 2.25 bits per heavy atom. The third-order valence-corrected chi connectivity index (χ3v) is 4.31. The van der Waals surface area contributed by atoms with E-state index in [0.717, 1.165) is 17.9 Å². The molecule has 3 fully saturated rings. The molecule has 0 spiro atoms. The summed E-state index contributed by atoms with van der Waals surface area (Å²) >= 11 is 0. The molecule has 2 heteroatoms. The normalized spacial score (nSPS) is 35.8. The standard InChI is InChI=1S/C8H16NP.C2H6/c1-6(2)9-7-3-4-10-8(9)5-7;1-2/h6-8,10H,3-5H2,1-2H3;1-2H3. The summed E-state index contributed by atoms with van der Waals surface area (Å²) in [4.78, 5) is 2.71. The van der Waals surface area contributed by atoms with Crippen LogP contribution >= 0.6 is 8.58 Å². The van der Waals surface area contributed by atoms with Crippen molar-refractivity contribution >= 4 is 8.58 Å². The van der Waals surface area contributed by atoms with E-state index in [1.54, 1.807) is 0 Å². The van der Waals surface area contributed by atoms with Crippen LogP contribution < -0.4 is 0 Å². The minimum absolute atomic E-state index is 0.802. The van der Waals surface area contributed by atoms with E-state index in [-0.39, 0.29) is 0 Å². The van der Waals surface area contributed by atoms with Crippen LogP contribution in [0.3, 0.4) is 0 Å². The molecule has 0 aliphatic carbocycles. The molecule has 3 saturated heterocycles. The third-order valence-electron chi connectivity index (χ3n) is 2.73. The van der Waals surface area contributed by atoms with Crippen LogP contribution in [-0.4, -0.2) is 28.9 Å². The Labute approximate surface area is 78.7 Å². The first-order valence-electron chi connectivity index (χ1n) is 5.30. The van der Waals surface area contributed by atoms with Gasteiger partial charge < -0.3 is 0 Å². The van der Waals surface area contributed by atoms with Crippen LogP contribution in [0.15, 0.2) is 0 Å². The zero-order valence-electron chi connectivity index (χ0n) is 8.80. The highest BCUT2D eigenvalue weighted by Crippen LogP contribution is 2.46. The van der Waals surface area contributed by atoms with E-state index in [0.29, 0.717) is 0 Å². The van der Waals surface area contributed by atoms with Crippen molar-refractivity contribution in [2.24, 2.45) is 0 Å². The highest BCUT2D eigenvalue weighted by molar-refractivity contribution is 7.39. The Morgan fingerprint density at radius 1 is 1.33 bits per heavy atom. The summed E-state index contributed by atoms with van der Waals surface area (Å²) in [7, 11) is 1.24. The summed E-state index contributed by atoms with van der Waals surface area (Å²) in [6.07, 6.45) is 4.50. The number of hydrogen-bond acceptors (Lipinski definition) is 1. The lowest BCUT2D eigenvalue weighted by Gasteiger charge is -2.55. The molecule has 0 saturated carbocycles. The van der Waals surface area contributed by atoms with E-state index in [2.05, 4.69) is 18.7 Å². The average Bonchev–Trinajstić information content (AvgIpc) is 2.08. The average molecular weight is 187 g/mol. The van der Waals surface area contributed by atoms with Crippen LogP contribution in [0.2, 0.25) is 0 Å². The molecule has 12 heavy (non-hydrogen) atoms. The van der Waals surface area contributed by atoms with Crippen LogP contribution in [0.5, 0.6) is 0 Å². The number of nitrogens with zero attached hydrogens (tertiary/aromatic N) is 1. The second-order valence-electron chi connectivity index (χ2n) is 3.69. The molecule has 3 aliphatic heterocycles. The van der Waals surface area contributed by atoms with Crippen LogP contribution in [0.25, 0.3) is 0 Å². The Bertz CT molecular complexity index is 122. The van der Waals surface area contributed by atoms with Gasteiger partial charge in [-0.05, 0) is 32.9 Å². The maximum Gasteiger partial charge on any atom is 0.0288 e. The molecule has 0 aromatic carbocycles. The topological polar surface area (TPSA) is 3.24 Å². The number of fused-ring (bicyclic) bond motifs is 2. The molecule has 3 rings (SSSR count). The third kappa shape index (κ3) is 1.83. The van der Waals surface area contributed by atoms with Crippen molar-refractivity contribution < 1.29 is 0 Å². The van der Waals surface area contributed by atoms with Crippen LogP contribution in [-0.2, 0) is 0 Å². The smallest absolute Gasteiger partial charge is 0.0288 e. The molecule has 0 amide bonds. The largest absolute Gasteiger partial charge is 0.291 e. The second kappa shape index (κ2) is 4.58. The van der Waals surface area contributed by atoms with Crippen molar-refractivity contribution in [3.05, 3.63) is 0 Å². The quantitative estimate of drug-likeness (QED) is 0.570. The summed E-state index contributed by atoms with van der Waals surface area (Å²) in [6, 6.07) is 1.78. The zero-order valence-corrected chi connectivity index (χ0v) is 9.80. The first kappa shape index (κ1) is 10.5. The van der Waals surface area contributed by atoms with Crippen LogP contribution in [0, 0.1) is 0 Å². The maximum absolute atomic E-state index is 2.71. The Kier molecular flexibility index (Phi) is 3.99. The Hall–Kier alpha value is 0.390. The van der Waals surface area contributed by atoms with E-state index in [4.69, 9.17) is 0 Å². The lowest BCUT2D eigenvalue weighted by Crippen LogP contribution is -2.59. The molecule has 0 aromatic heterocycles. The fraction of sp³-hybridized carbons (Fsp3) is 1.00. The van der Waals surface area contributed by atoms with E-state index < -0.39 is 0 Å². The summed E-state index contributed by atoms with van der Waals surface area (Å²) in [5.41, 5.74) is 0. The van der Waals surface area contributed by atoms with Gasteiger partial charge in [0.1, 0.15) is 0 Å². The van der Waals surface area contributed by atoms with Crippen molar-refractivity contribution in [3.63, 3.8) is 0 Å². The lowest BCUT2D eigenvalue weighted by atomic mass is 9.97. The molecular weight excluding hydrogens is 165 g/mol. The van der Waals surface area contributed by atoms with Gasteiger partial charge in [-0.15, -0.1) is 8.58 Å². The first-order chi connectivity index (χ1) is 5.79. The number of rotatable bonds is 1. The van der Waals surface area contributed by atoms with E-state index >= 15 is 0 Å². The molecule has 3 unspecified atom stereocenters. The van der Waals surface area contributed by atoms with Crippen molar-refractivity contribution in [3.8, 4) is 0 Å². The molecule has 2 bridgehead atoms. The van der Waals surface area contributed by atoms with Crippen LogP contribution in [0.4, 0.5) is 0 Å². The fourth-order valence-electron chi connectivity index (χ4n) is 2.27. The van der Waals surface area contributed by atoms with Gasteiger partial charge in [0.2, 0.25) is 0 Å². The van der Waals surface area contributed by atoms with Crippen molar-refractivity contribution in [1.29, 1.82) is 0 Å². The fourth-order valence-corrected chi connectivity index (χ4v) is 4.26. The molecule has 0 N–H and O–H groups in total. The lowest BCUT2D eigenvalue weighted by molar-refractivity contribution is 0.0236. The predicted molar refractivity (Wildman–Crippen MR) is 58.3 cm³/mol. The van der Waals surface area contributed by atoms with Crippen molar-refractivity contribution in [2.75, 3.05) is 6.16 Å². The van der Waals surface area contributed by atoms with Crippen molar-refractivity contribution in [2.45, 2.75) is 58.4 Å². The van der Waals surface area contributed by atoms with Gasteiger partial charge >= 0.3 is 0 Å². The molecule has 3 atom stereocenters. The van der Waals surface area contributed by atoms with Gasteiger partial charge in [-0.3, -0.25) is 4.90 Å². The minimum Gasteiger partial charge on any atom is -0.291 e. The van der Waals surface area contributed by atoms with Gasteiger partial charge in [-0.1, -0.05) is 13.8 Å². The predicted octanol–water partition coefficient (Wildman–Crippen LogP) is 2.90. The Morgan fingerprint density at radius 2 is 2.00 bits per heavy atom. The SMILES string of the molecule is CC.CC(C)N1C2CCPC1C2. The van der Waals surface area contributed by atoms with Crippen LogP contribution in [0.1, 0.15) is 40.5 Å². The van der Waals surface area contributed by atoms with Gasteiger partial charge in [-0.25, -0.2) is 0 Å². The minimum atomic E-state index is 0.802. The molecule has 0 radical (unpaired) electrons.